The summed E-state index contributed by atoms with van der Waals surface area (Å²) in [7, 11) is 0. The molecule has 2 aliphatic heterocycles. The molecule has 2 heterocycles. The first-order chi connectivity index (χ1) is 8.49. The number of amides is 1. The van der Waals surface area contributed by atoms with Crippen LogP contribution in [0.2, 0.25) is 0 Å². The SMILES string of the molecule is CC1(C)CC1C(=O)N1C[C@@H](O)[C@H](N2CCCC2)C1. The van der Waals surface area contributed by atoms with Crippen LogP contribution in [0.1, 0.15) is 33.1 Å². The van der Waals surface area contributed by atoms with Gasteiger partial charge in [0.25, 0.3) is 0 Å². The summed E-state index contributed by atoms with van der Waals surface area (Å²) in [6, 6.07) is 0.179. The maximum Gasteiger partial charge on any atom is 0.226 e. The van der Waals surface area contributed by atoms with E-state index in [2.05, 4.69) is 18.7 Å². The van der Waals surface area contributed by atoms with Crippen LogP contribution in [-0.2, 0) is 4.79 Å². The topological polar surface area (TPSA) is 43.8 Å². The Morgan fingerprint density at radius 3 is 2.39 bits per heavy atom. The van der Waals surface area contributed by atoms with Crippen LogP contribution >= 0.6 is 0 Å². The van der Waals surface area contributed by atoms with Crippen molar-refractivity contribution in [3.05, 3.63) is 0 Å². The molecule has 2 saturated heterocycles. The lowest BCUT2D eigenvalue weighted by molar-refractivity contribution is -0.132. The van der Waals surface area contributed by atoms with E-state index in [1.165, 1.54) is 12.8 Å². The van der Waals surface area contributed by atoms with Gasteiger partial charge in [-0.3, -0.25) is 9.69 Å². The minimum atomic E-state index is -0.353. The molecular formula is C14H24N2O2. The predicted octanol–water partition coefficient (Wildman–Crippen LogP) is 0.700. The molecule has 3 fully saturated rings. The maximum absolute atomic E-state index is 12.3. The van der Waals surface area contributed by atoms with Gasteiger partial charge >= 0.3 is 0 Å². The molecule has 1 amide bonds. The molecule has 0 aromatic rings. The number of β-amino-alcohol motifs (C(OH)–C–C–N with tert-alkyl or cyclic N) is 1. The van der Waals surface area contributed by atoms with Gasteiger partial charge in [-0.1, -0.05) is 13.8 Å². The highest BCUT2D eigenvalue weighted by atomic mass is 16.3. The lowest BCUT2D eigenvalue weighted by atomic mass is 10.1. The standard InChI is InChI=1S/C14H24N2O2/c1-14(2)7-10(14)13(18)16-8-11(12(17)9-16)15-5-3-4-6-15/h10-12,17H,3-9H2,1-2H3/t10?,11-,12-/m1/s1. The Morgan fingerprint density at radius 2 is 1.83 bits per heavy atom. The second-order valence-electron chi connectivity index (χ2n) is 6.87. The Hall–Kier alpha value is -0.610. The number of carbonyl (C=O) groups excluding carboxylic acids is 1. The number of hydrogen-bond acceptors (Lipinski definition) is 3. The minimum Gasteiger partial charge on any atom is -0.390 e. The van der Waals surface area contributed by atoms with Crippen LogP contribution in [0.3, 0.4) is 0 Å². The molecule has 0 spiro atoms. The van der Waals surface area contributed by atoms with Crippen molar-refractivity contribution in [1.82, 2.24) is 9.80 Å². The van der Waals surface area contributed by atoms with Gasteiger partial charge in [-0.25, -0.2) is 0 Å². The number of hydrogen-bond donors (Lipinski definition) is 1. The minimum absolute atomic E-state index is 0.179. The zero-order valence-electron chi connectivity index (χ0n) is 11.4. The molecule has 1 N–H and O–H groups in total. The second kappa shape index (κ2) is 4.20. The molecule has 1 aliphatic carbocycles. The lowest BCUT2D eigenvalue weighted by Crippen LogP contribution is -2.41. The van der Waals surface area contributed by atoms with Crippen LogP contribution in [0.15, 0.2) is 0 Å². The molecule has 0 aromatic carbocycles. The first kappa shape index (κ1) is 12.4. The highest BCUT2D eigenvalue weighted by Gasteiger charge is 2.53. The quantitative estimate of drug-likeness (QED) is 0.787. The number of likely N-dealkylation sites (tertiary alicyclic amines) is 2. The van der Waals surface area contributed by atoms with Crippen molar-refractivity contribution >= 4 is 5.91 Å². The normalized spacial score (nSPS) is 39.3. The van der Waals surface area contributed by atoms with Gasteiger partial charge < -0.3 is 10.0 Å². The van der Waals surface area contributed by atoms with Crippen LogP contribution in [0.25, 0.3) is 0 Å². The van der Waals surface area contributed by atoms with Gasteiger partial charge in [0.2, 0.25) is 5.91 Å². The molecule has 18 heavy (non-hydrogen) atoms. The van der Waals surface area contributed by atoms with E-state index in [1.807, 2.05) is 4.90 Å². The summed E-state index contributed by atoms with van der Waals surface area (Å²) >= 11 is 0. The van der Waals surface area contributed by atoms with Gasteiger partial charge in [-0.15, -0.1) is 0 Å². The average molecular weight is 252 g/mol. The van der Waals surface area contributed by atoms with Crippen LogP contribution in [-0.4, -0.2) is 59.1 Å². The van der Waals surface area contributed by atoms with Crippen molar-refractivity contribution in [2.45, 2.75) is 45.3 Å². The summed E-state index contributed by atoms with van der Waals surface area (Å²) < 4.78 is 0. The van der Waals surface area contributed by atoms with Crippen molar-refractivity contribution in [2.75, 3.05) is 26.2 Å². The fourth-order valence-corrected chi connectivity index (χ4v) is 3.49. The summed E-state index contributed by atoms with van der Waals surface area (Å²) in [5.41, 5.74) is 0.188. The van der Waals surface area contributed by atoms with E-state index in [0.29, 0.717) is 6.54 Å². The van der Waals surface area contributed by atoms with Crippen LogP contribution in [0, 0.1) is 11.3 Å². The summed E-state index contributed by atoms with van der Waals surface area (Å²) in [6.07, 6.45) is 3.11. The van der Waals surface area contributed by atoms with Gasteiger partial charge in [0.05, 0.1) is 12.1 Å². The Morgan fingerprint density at radius 1 is 1.22 bits per heavy atom. The van der Waals surface area contributed by atoms with Crippen molar-refractivity contribution < 1.29 is 9.90 Å². The van der Waals surface area contributed by atoms with E-state index in [9.17, 15) is 9.90 Å². The second-order valence-corrected chi connectivity index (χ2v) is 6.87. The number of nitrogens with zero attached hydrogens (tertiary/aromatic N) is 2. The first-order valence-electron chi connectivity index (χ1n) is 7.20. The first-order valence-corrected chi connectivity index (χ1v) is 7.20. The molecule has 4 heteroatoms. The molecule has 1 unspecified atom stereocenters. The molecule has 0 bridgehead atoms. The third kappa shape index (κ3) is 2.05. The zero-order valence-corrected chi connectivity index (χ0v) is 11.4. The van der Waals surface area contributed by atoms with E-state index in [1.54, 1.807) is 0 Å². The molecule has 1 saturated carbocycles. The van der Waals surface area contributed by atoms with Gasteiger partial charge in [-0.05, 0) is 37.8 Å². The largest absolute Gasteiger partial charge is 0.390 e. The number of aliphatic hydroxyl groups is 1. The third-order valence-electron chi connectivity index (χ3n) is 4.99. The fourth-order valence-electron chi connectivity index (χ4n) is 3.49. The average Bonchev–Trinajstić information content (AvgIpc) is 2.78. The predicted molar refractivity (Wildman–Crippen MR) is 69.1 cm³/mol. The Bertz CT molecular complexity index is 350. The monoisotopic (exact) mass is 252 g/mol. The highest BCUT2D eigenvalue weighted by molar-refractivity contribution is 5.82. The third-order valence-corrected chi connectivity index (χ3v) is 4.99. The van der Waals surface area contributed by atoms with Crippen molar-refractivity contribution in [3.63, 3.8) is 0 Å². The van der Waals surface area contributed by atoms with Gasteiger partial charge in [0, 0.05) is 19.0 Å². The van der Waals surface area contributed by atoms with E-state index in [-0.39, 0.29) is 29.4 Å². The zero-order chi connectivity index (χ0) is 12.9. The van der Waals surface area contributed by atoms with Crippen molar-refractivity contribution in [1.29, 1.82) is 0 Å². The van der Waals surface area contributed by atoms with E-state index >= 15 is 0 Å². The summed E-state index contributed by atoms with van der Waals surface area (Å²) in [4.78, 5) is 16.6. The molecule has 0 aromatic heterocycles. The summed E-state index contributed by atoms with van der Waals surface area (Å²) in [5.74, 6) is 0.461. The van der Waals surface area contributed by atoms with Crippen LogP contribution in [0.4, 0.5) is 0 Å². The highest BCUT2D eigenvalue weighted by Crippen LogP contribution is 2.52. The molecule has 3 aliphatic rings. The van der Waals surface area contributed by atoms with E-state index in [0.717, 1.165) is 26.1 Å². The smallest absolute Gasteiger partial charge is 0.226 e. The molecule has 0 radical (unpaired) electrons. The van der Waals surface area contributed by atoms with E-state index in [4.69, 9.17) is 0 Å². The molecule has 3 rings (SSSR count). The number of rotatable bonds is 2. The molecule has 4 nitrogen and oxygen atoms in total. The Balaban J connectivity index is 1.61. The fraction of sp³-hybridized carbons (Fsp3) is 0.929. The molecular weight excluding hydrogens is 228 g/mol. The molecule has 102 valence electrons. The van der Waals surface area contributed by atoms with Crippen molar-refractivity contribution in [2.24, 2.45) is 11.3 Å². The maximum atomic E-state index is 12.3. The van der Waals surface area contributed by atoms with Gasteiger partial charge in [0.15, 0.2) is 0 Å². The van der Waals surface area contributed by atoms with Gasteiger partial charge in [0.1, 0.15) is 0 Å². The van der Waals surface area contributed by atoms with Gasteiger partial charge in [-0.2, -0.15) is 0 Å². The Kier molecular flexibility index (Phi) is 2.90. The van der Waals surface area contributed by atoms with Crippen LogP contribution in [0.5, 0.6) is 0 Å². The lowest BCUT2D eigenvalue weighted by Gasteiger charge is -2.25. The number of aliphatic hydroxyl groups excluding tert-OH is 1. The summed E-state index contributed by atoms with van der Waals surface area (Å²) in [5, 5.41) is 10.2. The van der Waals surface area contributed by atoms with E-state index < -0.39 is 0 Å². The Labute approximate surface area is 109 Å². The van der Waals surface area contributed by atoms with Crippen LogP contribution < -0.4 is 0 Å². The van der Waals surface area contributed by atoms with Crippen molar-refractivity contribution in [3.8, 4) is 0 Å². The number of carbonyl (C=O) groups is 1. The summed E-state index contributed by atoms with van der Waals surface area (Å²) in [6.45, 7) is 7.73. The molecule has 3 atom stereocenters.